The van der Waals surface area contributed by atoms with E-state index in [2.05, 4.69) is 30.1 Å². The minimum absolute atomic E-state index is 0.0730. The van der Waals surface area contributed by atoms with Crippen molar-refractivity contribution in [3.63, 3.8) is 0 Å². The first kappa shape index (κ1) is 22.0. The Morgan fingerprint density at radius 1 is 0.806 bits per heavy atom. The van der Waals surface area contributed by atoms with E-state index in [0.29, 0.717) is 17.1 Å². The molecule has 0 atom stereocenters. The molecule has 12 heteroatoms. The van der Waals surface area contributed by atoms with Crippen LogP contribution in [0, 0.1) is 6.92 Å². The van der Waals surface area contributed by atoms with Gasteiger partial charge in [-0.1, -0.05) is 6.07 Å². The summed E-state index contributed by atoms with van der Waals surface area (Å²) in [6, 6.07) is 10.4. The summed E-state index contributed by atoms with van der Waals surface area (Å²) >= 11 is 0. The number of nitrogens with zero attached hydrogens (tertiary/aromatic N) is 2. The second-order valence-electron chi connectivity index (χ2n) is 6.12. The predicted octanol–water partition coefficient (Wildman–Crippen LogP) is 6.07. The molecule has 0 fully saturated rings. The van der Waals surface area contributed by atoms with Gasteiger partial charge in [0.05, 0.1) is 0 Å². The minimum Gasteiger partial charge on any atom is -0.406 e. The highest BCUT2D eigenvalue weighted by molar-refractivity contribution is 5.63. The summed E-state index contributed by atoms with van der Waals surface area (Å²) in [4.78, 5) is 8.17. The first-order valence-corrected chi connectivity index (χ1v) is 8.56. The molecule has 0 aliphatic rings. The maximum absolute atomic E-state index is 12.4. The summed E-state index contributed by atoms with van der Waals surface area (Å²) in [7, 11) is 0. The molecule has 0 amide bonds. The first-order chi connectivity index (χ1) is 14.5. The van der Waals surface area contributed by atoms with Crippen molar-refractivity contribution in [1.29, 1.82) is 0 Å². The molecule has 2 N–H and O–H groups in total. The largest absolute Gasteiger partial charge is 0.573 e. The van der Waals surface area contributed by atoms with E-state index >= 15 is 0 Å². The molecular weight excluding hydrogens is 430 g/mol. The van der Waals surface area contributed by atoms with Crippen molar-refractivity contribution in [1.82, 2.24) is 9.97 Å². The van der Waals surface area contributed by atoms with Gasteiger partial charge in [-0.25, -0.2) is 4.98 Å². The number of benzene rings is 2. The molecule has 0 saturated heterocycles. The molecule has 1 aromatic heterocycles. The molecule has 3 aromatic rings. The minimum atomic E-state index is -4.82. The molecule has 0 aliphatic heterocycles. The lowest BCUT2D eigenvalue weighted by molar-refractivity contribution is -0.275. The number of aromatic nitrogens is 2. The summed E-state index contributed by atoms with van der Waals surface area (Å²) in [6.45, 7) is 1.58. The highest BCUT2D eigenvalue weighted by Crippen LogP contribution is 2.29. The van der Waals surface area contributed by atoms with E-state index in [0.717, 1.165) is 18.2 Å². The topological polar surface area (TPSA) is 68.3 Å². The van der Waals surface area contributed by atoms with Crippen LogP contribution in [0.15, 0.2) is 54.7 Å². The molecule has 0 unspecified atom stereocenters. The van der Waals surface area contributed by atoms with Gasteiger partial charge in [-0.05, 0) is 48.9 Å². The Morgan fingerprint density at radius 3 is 2.13 bits per heavy atom. The van der Waals surface area contributed by atoms with E-state index in [-0.39, 0.29) is 17.4 Å². The van der Waals surface area contributed by atoms with E-state index in [1.807, 2.05) is 0 Å². The number of halogens is 6. The van der Waals surface area contributed by atoms with Crippen LogP contribution in [0.5, 0.6) is 11.5 Å². The monoisotopic (exact) mass is 444 g/mol. The van der Waals surface area contributed by atoms with Crippen LogP contribution in [0.4, 0.5) is 49.5 Å². The van der Waals surface area contributed by atoms with Gasteiger partial charge < -0.3 is 20.1 Å². The third-order valence-corrected chi connectivity index (χ3v) is 3.67. The Hall–Kier alpha value is -3.70. The summed E-state index contributed by atoms with van der Waals surface area (Å²) in [5, 5.41) is 5.68. The van der Waals surface area contributed by atoms with Gasteiger partial charge in [-0.2, -0.15) is 4.98 Å². The Bertz CT molecular complexity index is 1060. The van der Waals surface area contributed by atoms with Gasteiger partial charge in [0, 0.05) is 23.6 Å². The Morgan fingerprint density at radius 2 is 1.48 bits per heavy atom. The van der Waals surface area contributed by atoms with Crippen LogP contribution in [-0.4, -0.2) is 22.7 Å². The van der Waals surface area contributed by atoms with Crippen molar-refractivity contribution in [3.8, 4) is 11.5 Å². The number of ether oxygens (including phenoxy) is 2. The molecule has 0 radical (unpaired) electrons. The number of rotatable bonds is 6. The number of hydrogen-bond donors (Lipinski definition) is 2. The van der Waals surface area contributed by atoms with Gasteiger partial charge in [-0.15, -0.1) is 26.3 Å². The zero-order valence-corrected chi connectivity index (χ0v) is 15.7. The van der Waals surface area contributed by atoms with Crippen molar-refractivity contribution in [3.05, 3.63) is 60.3 Å². The Labute approximate surface area is 171 Å². The van der Waals surface area contributed by atoms with Gasteiger partial charge >= 0.3 is 12.7 Å². The molecule has 0 saturated carbocycles. The third-order valence-electron chi connectivity index (χ3n) is 3.67. The van der Waals surface area contributed by atoms with Crippen molar-refractivity contribution in [2.45, 2.75) is 19.6 Å². The number of anilines is 4. The van der Waals surface area contributed by atoms with Crippen molar-refractivity contribution in [2.24, 2.45) is 0 Å². The van der Waals surface area contributed by atoms with E-state index < -0.39 is 18.5 Å². The third kappa shape index (κ3) is 6.94. The summed E-state index contributed by atoms with van der Waals surface area (Å²) in [6.07, 6.45) is -8.22. The van der Waals surface area contributed by atoms with Crippen LogP contribution < -0.4 is 20.1 Å². The second kappa shape index (κ2) is 8.58. The van der Waals surface area contributed by atoms with E-state index in [1.165, 1.54) is 36.5 Å². The SMILES string of the molecule is Cc1cc(OC(F)(F)F)ccc1Nc1ccnc(Nc2cccc(OC(F)(F)F)c2)n1. The highest BCUT2D eigenvalue weighted by atomic mass is 19.4. The predicted molar refractivity (Wildman–Crippen MR) is 99.6 cm³/mol. The molecule has 3 rings (SSSR count). The summed E-state index contributed by atoms with van der Waals surface area (Å²) in [5.41, 5.74) is 1.19. The first-order valence-electron chi connectivity index (χ1n) is 8.56. The van der Waals surface area contributed by atoms with E-state index in [4.69, 9.17) is 0 Å². The van der Waals surface area contributed by atoms with Gasteiger partial charge in [0.2, 0.25) is 5.95 Å². The van der Waals surface area contributed by atoms with Crippen molar-refractivity contribution < 1.29 is 35.8 Å². The lowest BCUT2D eigenvalue weighted by Crippen LogP contribution is -2.17. The lowest BCUT2D eigenvalue weighted by Gasteiger charge is -2.13. The molecule has 2 aromatic carbocycles. The summed E-state index contributed by atoms with van der Waals surface area (Å²) in [5.74, 6) is -0.401. The average molecular weight is 444 g/mol. The van der Waals surface area contributed by atoms with Crippen LogP contribution >= 0.6 is 0 Å². The highest BCUT2D eigenvalue weighted by Gasteiger charge is 2.31. The number of alkyl halides is 6. The number of hydrogen-bond acceptors (Lipinski definition) is 6. The van der Waals surface area contributed by atoms with Crippen LogP contribution in [-0.2, 0) is 0 Å². The fourth-order valence-electron chi connectivity index (χ4n) is 2.50. The standard InChI is InChI=1S/C19H14F6N4O2/c1-11-9-14(31-19(23,24)25)5-6-15(11)28-16-7-8-26-17(29-16)27-12-3-2-4-13(10-12)30-18(20,21)22/h2-10H,1H3,(H2,26,27,28,29). The quantitative estimate of drug-likeness (QED) is 0.450. The van der Waals surface area contributed by atoms with Crippen molar-refractivity contribution >= 4 is 23.1 Å². The Balaban J connectivity index is 1.72. The fourth-order valence-corrected chi connectivity index (χ4v) is 2.50. The van der Waals surface area contributed by atoms with E-state index in [9.17, 15) is 26.3 Å². The zero-order valence-electron chi connectivity index (χ0n) is 15.7. The molecule has 0 spiro atoms. The summed E-state index contributed by atoms with van der Waals surface area (Å²) < 4.78 is 81.8. The molecule has 31 heavy (non-hydrogen) atoms. The molecule has 0 aliphatic carbocycles. The van der Waals surface area contributed by atoms with Gasteiger partial charge in [0.1, 0.15) is 17.3 Å². The maximum atomic E-state index is 12.4. The average Bonchev–Trinajstić information content (AvgIpc) is 2.62. The molecular formula is C19H14F6N4O2. The smallest absolute Gasteiger partial charge is 0.406 e. The van der Waals surface area contributed by atoms with Gasteiger partial charge in [0.25, 0.3) is 0 Å². The van der Waals surface area contributed by atoms with Gasteiger partial charge in [0.15, 0.2) is 0 Å². The lowest BCUT2D eigenvalue weighted by atomic mass is 10.2. The van der Waals surface area contributed by atoms with Crippen LogP contribution in [0.25, 0.3) is 0 Å². The van der Waals surface area contributed by atoms with Crippen LogP contribution in [0.2, 0.25) is 0 Å². The molecule has 0 bridgehead atoms. The van der Waals surface area contributed by atoms with Crippen LogP contribution in [0.3, 0.4) is 0 Å². The zero-order chi connectivity index (χ0) is 22.6. The normalized spacial score (nSPS) is 11.7. The fraction of sp³-hybridized carbons (Fsp3) is 0.158. The maximum Gasteiger partial charge on any atom is 0.573 e. The molecule has 6 nitrogen and oxygen atoms in total. The van der Waals surface area contributed by atoms with E-state index in [1.54, 1.807) is 6.92 Å². The molecule has 164 valence electrons. The number of nitrogens with one attached hydrogen (secondary N) is 2. The number of aryl methyl sites for hydroxylation is 1. The van der Waals surface area contributed by atoms with Gasteiger partial charge in [-0.3, -0.25) is 0 Å². The molecule has 1 heterocycles. The second-order valence-corrected chi connectivity index (χ2v) is 6.12. The van der Waals surface area contributed by atoms with Crippen molar-refractivity contribution in [2.75, 3.05) is 10.6 Å². The van der Waals surface area contributed by atoms with Crippen LogP contribution in [0.1, 0.15) is 5.56 Å². The Kier molecular flexibility index (Phi) is 6.09.